The van der Waals surface area contributed by atoms with Crippen LogP contribution in [0.25, 0.3) is 0 Å². The number of nitrogens with two attached hydrogens (primary N) is 1. The molecule has 1 aromatic carbocycles. The van der Waals surface area contributed by atoms with Gasteiger partial charge in [0.05, 0.1) is 0 Å². The fourth-order valence-corrected chi connectivity index (χ4v) is 2.59. The van der Waals surface area contributed by atoms with Gasteiger partial charge in [0.25, 0.3) is 0 Å². The molecule has 1 saturated heterocycles. The van der Waals surface area contributed by atoms with Crippen molar-refractivity contribution in [2.45, 2.75) is 32.7 Å². The average Bonchev–Trinajstić information content (AvgIpc) is 2.52. The number of benzene rings is 1. The second kappa shape index (κ2) is 7.97. The fraction of sp³-hybridized carbons (Fsp3) is 0.529. The van der Waals surface area contributed by atoms with Crippen LogP contribution in [-0.4, -0.2) is 54.0 Å². The van der Waals surface area contributed by atoms with Gasteiger partial charge in [0.15, 0.2) is 0 Å². The number of aryl methyl sites for hydroxylation is 1. The normalized spacial score (nSPS) is 16.1. The maximum Gasteiger partial charge on any atom is 0.321 e. The number of hydrogen-bond acceptors (Lipinski definition) is 3. The molecule has 1 aliphatic heterocycles. The van der Waals surface area contributed by atoms with Gasteiger partial charge in [0, 0.05) is 44.3 Å². The van der Waals surface area contributed by atoms with E-state index in [0.29, 0.717) is 39.0 Å². The van der Waals surface area contributed by atoms with Crippen LogP contribution in [0.5, 0.6) is 0 Å². The van der Waals surface area contributed by atoms with Crippen molar-refractivity contribution in [2.75, 3.05) is 31.5 Å². The van der Waals surface area contributed by atoms with E-state index >= 15 is 0 Å². The van der Waals surface area contributed by atoms with E-state index in [0.717, 1.165) is 11.3 Å². The highest BCUT2D eigenvalue weighted by atomic mass is 16.2. The van der Waals surface area contributed by atoms with E-state index in [9.17, 15) is 9.59 Å². The number of hydrogen-bond donors (Lipinski definition) is 2. The molecule has 1 aliphatic rings. The largest absolute Gasteiger partial charge is 0.339 e. The number of carbonyl (C=O) groups is 2. The van der Waals surface area contributed by atoms with Crippen molar-refractivity contribution in [3.8, 4) is 0 Å². The van der Waals surface area contributed by atoms with E-state index < -0.39 is 0 Å². The predicted molar refractivity (Wildman–Crippen MR) is 91.2 cm³/mol. The number of anilines is 1. The van der Waals surface area contributed by atoms with Crippen LogP contribution in [-0.2, 0) is 4.79 Å². The number of urea groups is 1. The van der Waals surface area contributed by atoms with Gasteiger partial charge in [-0.15, -0.1) is 0 Å². The van der Waals surface area contributed by atoms with Crippen LogP contribution < -0.4 is 11.1 Å². The molecular weight excluding hydrogens is 292 g/mol. The molecule has 0 aromatic heterocycles. The van der Waals surface area contributed by atoms with Crippen LogP contribution in [0.1, 0.15) is 25.3 Å². The third kappa shape index (κ3) is 5.25. The molecule has 2 rings (SSSR count). The Kier molecular flexibility index (Phi) is 5.98. The van der Waals surface area contributed by atoms with Gasteiger partial charge in [0.1, 0.15) is 0 Å². The molecule has 3 N–H and O–H groups in total. The summed E-state index contributed by atoms with van der Waals surface area (Å²) in [6, 6.07) is 7.64. The van der Waals surface area contributed by atoms with E-state index in [-0.39, 0.29) is 18.0 Å². The van der Waals surface area contributed by atoms with Gasteiger partial charge < -0.3 is 20.9 Å². The topological polar surface area (TPSA) is 78.7 Å². The first-order chi connectivity index (χ1) is 11.0. The summed E-state index contributed by atoms with van der Waals surface area (Å²) in [5.74, 6) is 0.126. The third-order valence-corrected chi connectivity index (χ3v) is 4.00. The van der Waals surface area contributed by atoms with E-state index in [4.69, 9.17) is 5.73 Å². The lowest BCUT2D eigenvalue weighted by Crippen LogP contribution is -2.51. The maximum atomic E-state index is 12.3. The average molecular weight is 318 g/mol. The van der Waals surface area contributed by atoms with Crippen molar-refractivity contribution < 1.29 is 9.59 Å². The number of amides is 3. The molecule has 6 nitrogen and oxygen atoms in total. The Hall–Kier alpha value is -2.08. The van der Waals surface area contributed by atoms with Crippen molar-refractivity contribution in [3.63, 3.8) is 0 Å². The maximum absolute atomic E-state index is 12.3. The molecule has 0 bridgehead atoms. The van der Waals surface area contributed by atoms with Gasteiger partial charge in [-0.2, -0.15) is 0 Å². The van der Waals surface area contributed by atoms with Crippen molar-refractivity contribution in [1.82, 2.24) is 9.80 Å². The standard InChI is InChI=1S/C17H26N4O2/c1-13-4-3-5-15(12-13)19-17(23)21-10-8-20(9-11-21)16(22)7-6-14(2)18/h3-5,12,14H,6-11,18H2,1-2H3,(H,19,23). The summed E-state index contributed by atoms with van der Waals surface area (Å²) in [4.78, 5) is 27.9. The fourth-order valence-electron chi connectivity index (χ4n) is 2.59. The van der Waals surface area contributed by atoms with Crippen LogP contribution in [0.2, 0.25) is 0 Å². The van der Waals surface area contributed by atoms with Gasteiger partial charge in [0.2, 0.25) is 5.91 Å². The van der Waals surface area contributed by atoms with Gasteiger partial charge in [-0.3, -0.25) is 4.79 Å². The van der Waals surface area contributed by atoms with E-state index in [1.807, 2.05) is 43.0 Å². The Balaban J connectivity index is 1.79. The highest BCUT2D eigenvalue weighted by Crippen LogP contribution is 2.12. The molecule has 0 radical (unpaired) electrons. The van der Waals surface area contributed by atoms with Crippen molar-refractivity contribution >= 4 is 17.6 Å². The number of piperazine rings is 1. The van der Waals surface area contributed by atoms with Gasteiger partial charge in [-0.1, -0.05) is 12.1 Å². The molecule has 3 amide bonds. The first-order valence-electron chi connectivity index (χ1n) is 8.11. The molecule has 126 valence electrons. The lowest BCUT2D eigenvalue weighted by Gasteiger charge is -2.35. The monoisotopic (exact) mass is 318 g/mol. The van der Waals surface area contributed by atoms with Crippen LogP contribution in [0.4, 0.5) is 10.5 Å². The van der Waals surface area contributed by atoms with Crippen molar-refractivity contribution in [2.24, 2.45) is 5.73 Å². The quantitative estimate of drug-likeness (QED) is 0.888. The zero-order valence-electron chi connectivity index (χ0n) is 13.9. The second-order valence-corrected chi connectivity index (χ2v) is 6.18. The molecule has 6 heteroatoms. The molecule has 1 heterocycles. The molecule has 0 aliphatic carbocycles. The highest BCUT2D eigenvalue weighted by Gasteiger charge is 2.24. The highest BCUT2D eigenvalue weighted by molar-refractivity contribution is 5.89. The van der Waals surface area contributed by atoms with Crippen LogP contribution in [0.15, 0.2) is 24.3 Å². The zero-order valence-corrected chi connectivity index (χ0v) is 13.9. The number of nitrogens with zero attached hydrogens (tertiary/aromatic N) is 2. The lowest BCUT2D eigenvalue weighted by atomic mass is 10.1. The summed E-state index contributed by atoms with van der Waals surface area (Å²) in [7, 11) is 0. The predicted octanol–water partition coefficient (Wildman–Crippen LogP) is 1.80. The summed E-state index contributed by atoms with van der Waals surface area (Å²) >= 11 is 0. The Morgan fingerprint density at radius 2 is 1.87 bits per heavy atom. The summed E-state index contributed by atoms with van der Waals surface area (Å²) in [5, 5.41) is 2.90. The Bertz CT molecular complexity index is 551. The summed E-state index contributed by atoms with van der Waals surface area (Å²) in [6.45, 7) is 6.17. The van der Waals surface area contributed by atoms with E-state index in [1.165, 1.54) is 0 Å². The molecule has 0 saturated carbocycles. The smallest absolute Gasteiger partial charge is 0.321 e. The molecule has 1 atom stereocenters. The first-order valence-corrected chi connectivity index (χ1v) is 8.11. The van der Waals surface area contributed by atoms with Gasteiger partial charge in [-0.05, 0) is 38.0 Å². The Morgan fingerprint density at radius 3 is 2.48 bits per heavy atom. The molecule has 23 heavy (non-hydrogen) atoms. The molecule has 1 aromatic rings. The number of carbonyl (C=O) groups excluding carboxylic acids is 2. The molecule has 1 unspecified atom stereocenters. The van der Waals surface area contributed by atoms with E-state index in [1.54, 1.807) is 4.90 Å². The third-order valence-electron chi connectivity index (χ3n) is 4.00. The first kappa shape index (κ1) is 17.3. The van der Waals surface area contributed by atoms with Crippen LogP contribution in [0.3, 0.4) is 0 Å². The Labute approximate surface area is 137 Å². The van der Waals surface area contributed by atoms with Crippen molar-refractivity contribution in [3.05, 3.63) is 29.8 Å². The lowest BCUT2D eigenvalue weighted by molar-refractivity contribution is -0.132. The van der Waals surface area contributed by atoms with E-state index in [2.05, 4.69) is 5.32 Å². The van der Waals surface area contributed by atoms with Crippen LogP contribution >= 0.6 is 0 Å². The number of nitrogens with one attached hydrogen (secondary N) is 1. The van der Waals surface area contributed by atoms with Crippen molar-refractivity contribution in [1.29, 1.82) is 0 Å². The minimum Gasteiger partial charge on any atom is -0.339 e. The summed E-state index contributed by atoms with van der Waals surface area (Å²) in [6.07, 6.45) is 1.18. The SMILES string of the molecule is Cc1cccc(NC(=O)N2CCN(C(=O)CCC(C)N)CC2)c1. The molecule has 1 fully saturated rings. The zero-order chi connectivity index (χ0) is 16.8. The van der Waals surface area contributed by atoms with Gasteiger partial charge >= 0.3 is 6.03 Å². The second-order valence-electron chi connectivity index (χ2n) is 6.18. The minimum atomic E-state index is -0.113. The van der Waals surface area contributed by atoms with Gasteiger partial charge in [-0.25, -0.2) is 4.79 Å². The molecular formula is C17H26N4O2. The minimum absolute atomic E-state index is 0.0420. The summed E-state index contributed by atoms with van der Waals surface area (Å²) < 4.78 is 0. The molecule has 0 spiro atoms. The number of rotatable bonds is 4. The summed E-state index contributed by atoms with van der Waals surface area (Å²) in [5.41, 5.74) is 7.58. The van der Waals surface area contributed by atoms with Crippen LogP contribution in [0, 0.1) is 6.92 Å². The Morgan fingerprint density at radius 1 is 1.22 bits per heavy atom.